The van der Waals surface area contributed by atoms with Crippen LogP contribution in [0.25, 0.3) is 0 Å². The zero-order valence-corrected chi connectivity index (χ0v) is 11.8. The fraction of sp³-hybridized carbons (Fsp3) is 0.600. The minimum absolute atomic E-state index is 0.0632. The van der Waals surface area contributed by atoms with E-state index in [1.165, 1.54) is 0 Å². The lowest BCUT2D eigenvalue weighted by Crippen LogP contribution is -2.37. The molecular formula is C15H21N3O2. The van der Waals surface area contributed by atoms with Gasteiger partial charge in [0.05, 0.1) is 12.2 Å². The second kappa shape index (κ2) is 5.79. The number of allylic oxidation sites excluding steroid dienone is 2. The largest absolute Gasteiger partial charge is 0.371 e. The van der Waals surface area contributed by atoms with E-state index in [0.29, 0.717) is 18.9 Å². The molecule has 0 saturated carbocycles. The summed E-state index contributed by atoms with van der Waals surface area (Å²) in [5.41, 5.74) is 1.04. The van der Waals surface area contributed by atoms with Crippen molar-refractivity contribution in [1.82, 2.24) is 15.1 Å². The number of rotatable bonds is 4. The van der Waals surface area contributed by atoms with Gasteiger partial charge in [-0.05, 0) is 25.2 Å². The smallest absolute Gasteiger partial charge is 0.220 e. The molecule has 5 heteroatoms. The topological polar surface area (TPSA) is 56.1 Å². The second-order valence-electron chi connectivity index (χ2n) is 5.67. The SMILES string of the molecule is Cn1cc([C@H]2OCC[C@@H]2NC(=O)C[C@H]2C=CCC2)cn1. The van der Waals surface area contributed by atoms with E-state index in [1.54, 1.807) is 4.68 Å². The number of hydrogen-bond donors (Lipinski definition) is 1. The van der Waals surface area contributed by atoms with Crippen LogP contribution in [0.2, 0.25) is 0 Å². The van der Waals surface area contributed by atoms with Crippen LogP contribution in [-0.4, -0.2) is 28.3 Å². The Hall–Kier alpha value is -1.62. The molecule has 0 unspecified atom stereocenters. The summed E-state index contributed by atoms with van der Waals surface area (Å²) in [7, 11) is 1.89. The van der Waals surface area contributed by atoms with Gasteiger partial charge in [0.1, 0.15) is 6.10 Å². The highest BCUT2D eigenvalue weighted by Crippen LogP contribution is 2.29. The van der Waals surface area contributed by atoms with Gasteiger partial charge in [0.15, 0.2) is 0 Å². The number of amides is 1. The first-order valence-corrected chi connectivity index (χ1v) is 7.28. The molecule has 108 valence electrons. The molecule has 1 amide bonds. The van der Waals surface area contributed by atoms with Crippen molar-refractivity contribution >= 4 is 5.91 Å². The summed E-state index contributed by atoms with van der Waals surface area (Å²) in [6, 6.07) is 0.0667. The van der Waals surface area contributed by atoms with Crippen LogP contribution in [-0.2, 0) is 16.6 Å². The van der Waals surface area contributed by atoms with Crippen molar-refractivity contribution in [2.75, 3.05) is 6.61 Å². The fourth-order valence-corrected chi connectivity index (χ4v) is 3.02. The number of aromatic nitrogens is 2. The van der Waals surface area contributed by atoms with Crippen molar-refractivity contribution in [1.29, 1.82) is 0 Å². The zero-order valence-electron chi connectivity index (χ0n) is 11.8. The summed E-state index contributed by atoms with van der Waals surface area (Å²) >= 11 is 0. The van der Waals surface area contributed by atoms with Gasteiger partial charge in [-0.3, -0.25) is 9.48 Å². The first-order valence-electron chi connectivity index (χ1n) is 7.28. The van der Waals surface area contributed by atoms with Crippen molar-refractivity contribution in [3.8, 4) is 0 Å². The summed E-state index contributed by atoms with van der Waals surface area (Å²) in [5, 5.41) is 7.30. The Morgan fingerprint density at radius 3 is 3.15 bits per heavy atom. The Labute approximate surface area is 119 Å². The van der Waals surface area contributed by atoms with Crippen molar-refractivity contribution in [2.45, 2.75) is 37.8 Å². The Kier molecular flexibility index (Phi) is 3.87. The number of nitrogens with one attached hydrogen (secondary N) is 1. The second-order valence-corrected chi connectivity index (χ2v) is 5.67. The maximum Gasteiger partial charge on any atom is 0.220 e. The number of carbonyl (C=O) groups excluding carboxylic acids is 1. The summed E-state index contributed by atoms with van der Waals surface area (Å²) in [4.78, 5) is 12.1. The number of nitrogens with zero attached hydrogens (tertiary/aromatic N) is 2. The molecule has 1 N–H and O–H groups in total. The number of ether oxygens (including phenoxy) is 1. The maximum absolute atomic E-state index is 12.1. The van der Waals surface area contributed by atoms with Crippen molar-refractivity contribution in [3.63, 3.8) is 0 Å². The van der Waals surface area contributed by atoms with Gasteiger partial charge in [-0.15, -0.1) is 0 Å². The Morgan fingerprint density at radius 1 is 1.55 bits per heavy atom. The Balaban J connectivity index is 1.58. The molecule has 3 rings (SSSR count). The van der Waals surface area contributed by atoms with Gasteiger partial charge >= 0.3 is 0 Å². The van der Waals surface area contributed by atoms with Crippen LogP contribution in [0.15, 0.2) is 24.5 Å². The van der Waals surface area contributed by atoms with E-state index >= 15 is 0 Å². The molecule has 0 spiro atoms. The molecule has 1 aromatic rings. The first kappa shape index (κ1) is 13.4. The summed E-state index contributed by atoms with van der Waals surface area (Å²) in [6.45, 7) is 0.688. The first-order chi connectivity index (χ1) is 9.72. The predicted molar refractivity (Wildman–Crippen MR) is 74.9 cm³/mol. The normalized spacial score (nSPS) is 28.9. The van der Waals surface area contributed by atoms with E-state index in [9.17, 15) is 4.79 Å². The average molecular weight is 275 g/mol. The third kappa shape index (κ3) is 2.93. The Bertz CT molecular complexity index is 509. The fourth-order valence-electron chi connectivity index (χ4n) is 3.02. The van der Waals surface area contributed by atoms with E-state index in [0.717, 1.165) is 24.8 Å². The van der Waals surface area contributed by atoms with Gasteiger partial charge in [0.2, 0.25) is 5.91 Å². The third-order valence-corrected chi connectivity index (χ3v) is 4.05. The van der Waals surface area contributed by atoms with Crippen LogP contribution in [0, 0.1) is 5.92 Å². The molecule has 2 heterocycles. The highest BCUT2D eigenvalue weighted by Gasteiger charge is 2.32. The van der Waals surface area contributed by atoms with Crippen LogP contribution < -0.4 is 5.32 Å². The summed E-state index contributed by atoms with van der Waals surface area (Å²) < 4.78 is 7.52. The highest BCUT2D eigenvalue weighted by atomic mass is 16.5. The quantitative estimate of drug-likeness (QED) is 0.851. The van der Waals surface area contributed by atoms with Crippen LogP contribution in [0.5, 0.6) is 0 Å². The minimum atomic E-state index is -0.0632. The molecule has 0 aromatic carbocycles. The molecule has 1 aromatic heterocycles. The minimum Gasteiger partial charge on any atom is -0.371 e. The monoisotopic (exact) mass is 275 g/mol. The molecular weight excluding hydrogens is 254 g/mol. The molecule has 2 aliphatic rings. The number of aryl methyl sites for hydroxylation is 1. The van der Waals surface area contributed by atoms with Crippen LogP contribution in [0.3, 0.4) is 0 Å². The molecule has 0 bridgehead atoms. The van der Waals surface area contributed by atoms with Crippen LogP contribution >= 0.6 is 0 Å². The van der Waals surface area contributed by atoms with E-state index in [-0.39, 0.29) is 18.1 Å². The van der Waals surface area contributed by atoms with Gasteiger partial charge < -0.3 is 10.1 Å². The molecule has 1 saturated heterocycles. The number of carbonyl (C=O) groups is 1. The lowest BCUT2D eigenvalue weighted by Gasteiger charge is -2.19. The molecule has 1 fully saturated rings. The molecule has 1 aliphatic heterocycles. The van der Waals surface area contributed by atoms with Crippen molar-refractivity contribution in [2.24, 2.45) is 13.0 Å². The van der Waals surface area contributed by atoms with Crippen molar-refractivity contribution < 1.29 is 9.53 Å². The lowest BCUT2D eigenvalue weighted by molar-refractivity contribution is -0.122. The number of hydrogen-bond acceptors (Lipinski definition) is 3. The van der Waals surface area contributed by atoms with E-state index in [4.69, 9.17) is 4.74 Å². The molecule has 5 nitrogen and oxygen atoms in total. The van der Waals surface area contributed by atoms with Crippen LogP contribution in [0.1, 0.15) is 37.4 Å². The van der Waals surface area contributed by atoms with E-state index in [1.807, 2.05) is 19.4 Å². The zero-order chi connectivity index (χ0) is 13.9. The lowest BCUT2D eigenvalue weighted by atomic mass is 10.0. The van der Waals surface area contributed by atoms with Gasteiger partial charge in [-0.1, -0.05) is 12.2 Å². The standard InChI is InChI=1S/C15H21N3O2/c1-18-10-12(9-16-18)15-13(6-7-20-15)17-14(19)8-11-4-2-3-5-11/h2,4,9-11,13,15H,3,5-8H2,1H3,(H,17,19)/t11-,13-,15+/m0/s1. The molecule has 20 heavy (non-hydrogen) atoms. The van der Waals surface area contributed by atoms with Gasteiger partial charge in [-0.2, -0.15) is 5.10 Å². The van der Waals surface area contributed by atoms with Crippen LogP contribution in [0.4, 0.5) is 0 Å². The molecule has 0 radical (unpaired) electrons. The van der Waals surface area contributed by atoms with Gasteiger partial charge in [-0.25, -0.2) is 0 Å². The van der Waals surface area contributed by atoms with Gasteiger partial charge in [0, 0.05) is 31.8 Å². The molecule has 1 aliphatic carbocycles. The van der Waals surface area contributed by atoms with E-state index in [2.05, 4.69) is 22.6 Å². The third-order valence-electron chi connectivity index (χ3n) is 4.05. The van der Waals surface area contributed by atoms with Gasteiger partial charge in [0.25, 0.3) is 0 Å². The van der Waals surface area contributed by atoms with Crippen molar-refractivity contribution in [3.05, 3.63) is 30.1 Å². The highest BCUT2D eigenvalue weighted by molar-refractivity contribution is 5.77. The average Bonchev–Trinajstić information content (AvgIpc) is 3.11. The Morgan fingerprint density at radius 2 is 2.45 bits per heavy atom. The predicted octanol–water partition coefficient (Wildman–Crippen LogP) is 1.72. The summed E-state index contributed by atoms with van der Waals surface area (Å²) in [5.74, 6) is 0.542. The summed E-state index contributed by atoms with van der Waals surface area (Å²) in [6.07, 6.45) is 11.7. The maximum atomic E-state index is 12.1. The molecule has 3 atom stereocenters. The van der Waals surface area contributed by atoms with E-state index < -0.39 is 0 Å².